The van der Waals surface area contributed by atoms with Crippen molar-refractivity contribution in [2.75, 3.05) is 38.8 Å². The molecule has 3 heterocycles. The predicted octanol–water partition coefficient (Wildman–Crippen LogP) is 5.14. The van der Waals surface area contributed by atoms with Crippen LogP contribution in [0.5, 0.6) is 11.5 Å². The molecule has 0 N–H and O–H groups in total. The summed E-state index contributed by atoms with van der Waals surface area (Å²) in [6.45, 7) is 8.63. The molecule has 2 aliphatic heterocycles. The number of nitriles is 1. The van der Waals surface area contributed by atoms with Crippen LogP contribution in [0.4, 0.5) is 5.82 Å². The third kappa shape index (κ3) is 5.91. The fourth-order valence-electron chi connectivity index (χ4n) is 5.24. The summed E-state index contributed by atoms with van der Waals surface area (Å²) in [4.78, 5) is 31.3. The number of piperidine rings is 1. The molecule has 10 heteroatoms. The van der Waals surface area contributed by atoms with Gasteiger partial charge in [-0.25, -0.2) is 0 Å². The van der Waals surface area contributed by atoms with Gasteiger partial charge in [-0.15, -0.1) is 0 Å². The summed E-state index contributed by atoms with van der Waals surface area (Å²) in [5.41, 5.74) is 2.20. The topological polar surface area (TPSA) is 87.8 Å². The lowest BCUT2D eigenvalue weighted by Gasteiger charge is -2.35. The average Bonchev–Trinajstić information content (AvgIpc) is 3.22. The van der Waals surface area contributed by atoms with E-state index in [1.165, 1.54) is 11.8 Å². The molecule has 0 unspecified atom stereocenters. The molecule has 0 bridgehead atoms. The number of benzene rings is 1. The predicted molar refractivity (Wildman–Crippen MR) is 164 cm³/mol. The fraction of sp³-hybridized carbons (Fsp3) is 0.467. The number of amides is 1. The van der Waals surface area contributed by atoms with Crippen molar-refractivity contribution < 1.29 is 14.3 Å². The second-order valence-electron chi connectivity index (χ2n) is 10.2. The number of carbonyl (C=O) groups excluding carboxylic acids is 1. The molecule has 0 aliphatic carbocycles. The number of ether oxygens (including phenoxy) is 2. The Morgan fingerprint density at radius 2 is 1.85 bits per heavy atom. The Labute approximate surface area is 245 Å². The molecule has 212 valence electrons. The normalized spacial score (nSPS) is 17.1. The van der Waals surface area contributed by atoms with Crippen LogP contribution in [0.2, 0.25) is 0 Å². The number of carbonyl (C=O) groups is 1. The maximum atomic E-state index is 13.6. The van der Waals surface area contributed by atoms with E-state index in [4.69, 9.17) is 21.7 Å². The van der Waals surface area contributed by atoms with Crippen molar-refractivity contribution in [1.82, 2.24) is 9.47 Å². The highest BCUT2D eigenvalue weighted by molar-refractivity contribution is 8.26. The molecule has 1 aromatic heterocycles. The second kappa shape index (κ2) is 12.9. The highest BCUT2D eigenvalue weighted by Crippen LogP contribution is 2.37. The highest BCUT2D eigenvalue weighted by atomic mass is 32.2. The lowest BCUT2D eigenvalue weighted by molar-refractivity contribution is -0.122. The van der Waals surface area contributed by atoms with Gasteiger partial charge in [-0.2, -0.15) is 5.26 Å². The third-order valence-corrected chi connectivity index (χ3v) is 8.98. The average molecular weight is 581 g/mol. The molecule has 1 amide bonds. The molecule has 0 radical (unpaired) electrons. The molecular formula is C30H36N4O4S2. The van der Waals surface area contributed by atoms with Crippen molar-refractivity contribution in [2.24, 2.45) is 5.92 Å². The highest BCUT2D eigenvalue weighted by Gasteiger charge is 2.33. The van der Waals surface area contributed by atoms with Gasteiger partial charge in [-0.1, -0.05) is 43.9 Å². The zero-order valence-electron chi connectivity index (χ0n) is 23.8. The number of hydrogen-bond donors (Lipinski definition) is 0. The monoisotopic (exact) mass is 580 g/mol. The summed E-state index contributed by atoms with van der Waals surface area (Å²) in [5, 5.41) is 9.88. The van der Waals surface area contributed by atoms with Gasteiger partial charge < -0.3 is 14.4 Å². The molecule has 8 nitrogen and oxygen atoms in total. The van der Waals surface area contributed by atoms with E-state index in [1.807, 2.05) is 31.2 Å². The number of methoxy groups -OCH3 is 2. The number of hydrogen-bond acceptors (Lipinski definition) is 8. The summed E-state index contributed by atoms with van der Waals surface area (Å²) >= 11 is 6.88. The van der Waals surface area contributed by atoms with E-state index in [0.717, 1.165) is 49.3 Å². The lowest BCUT2D eigenvalue weighted by Crippen LogP contribution is -2.39. The van der Waals surface area contributed by atoms with Gasteiger partial charge in [0, 0.05) is 31.7 Å². The minimum absolute atomic E-state index is 0.123. The minimum Gasteiger partial charge on any atom is -0.493 e. The van der Waals surface area contributed by atoms with E-state index < -0.39 is 0 Å². The van der Waals surface area contributed by atoms with Crippen LogP contribution in [-0.4, -0.2) is 53.5 Å². The zero-order chi connectivity index (χ0) is 29.0. The van der Waals surface area contributed by atoms with Crippen molar-refractivity contribution in [3.8, 4) is 17.6 Å². The first-order valence-corrected chi connectivity index (χ1v) is 14.8. The van der Waals surface area contributed by atoms with Crippen LogP contribution in [0.1, 0.15) is 55.4 Å². The van der Waals surface area contributed by atoms with Crippen molar-refractivity contribution in [1.29, 1.82) is 5.26 Å². The molecular weight excluding hydrogens is 544 g/mol. The van der Waals surface area contributed by atoms with Crippen molar-refractivity contribution >= 4 is 46.1 Å². The van der Waals surface area contributed by atoms with Gasteiger partial charge in [0.1, 0.15) is 21.8 Å². The summed E-state index contributed by atoms with van der Waals surface area (Å²) in [7, 11) is 3.19. The number of nitrogens with zero attached hydrogens (tertiary/aromatic N) is 4. The SMILES string of the molecule is CCCn1c(N2CCC(C)CC2)c(/C=C2\SC(=S)N(CCc3ccc(OC)c(OC)c3)C2=O)c(C)c(C#N)c1=O. The van der Waals surface area contributed by atoms with Gasteiger partial charge in [-0.05, 0) is 67.9 Å². The number of anilines is 1. The van der Waals surface area contributed by atoms with Crippen molar-refractivity contribution in [2.45, 2.75) is 53.0 Å². The Morgan fingerprint density at radius 1 is 1.15 bits per heavy atom. The molecule has 40 heavy (non-hydrogen) atoms. The van der Waals surface area contributed by atoms with Crippen LogP contribution in [0.3, 0.4) is 0 Å². The van der Waals surface area contributed by atoms with Gasteiger partial charge in [0.25, 0.3) is 11.5 Å². The smallest absolute Gasteiger partial charge is 0.270 e. The maximum Gasteiger partial charge on any atom is 0.270 e. The Hall–Kier alpha value is -3.29. The van der Waals surface area contributed by atoms with E-state index >= 15 is 0 Å². The molecule has 0 spiro atoms. The summed E-state index contributed by atoms with van der Waals surface area (Å²) in [5.74, 6) is 2.53. The van der Waals surface area contributed by atoms with Crippen LogP contribution < -0.4 is 19.9 Å². The van der Waals surface area contributed by atoms with Crippen LogP contribution in [0.25, 0.3) is 6.08 Å². The molecule has 0 saturated carbocycles. The molecule has 4 rings (SSSR count). The fourth-order valence-corrected chi connectivity index (χ4v) is 6.53. The van der Waals surface area contributed by atoms with Crippen LogP contribution in [0.15, 0.2) is 27.9 Å². The van der Waals surface area contributed by atoms with E-state index in [0.29, 0.717) is 51.7 Å². The molecule has 2 aromatic rings. The van der Waals surface area contributed by atoms with Crippen LogP contribution >= 0.6 is 24.0 Å². The van der Waals surface area contributed by atoms with Gasteiger partial charge in [0.15, 0.2) is 11.5 Å². The van der Waals surface area contributed by atoms with E-state index in [2.05, 4.69) is 17.9 Å². The first-order valence-electron chi connectivity index (χ1n) is 13.6. The third-order valence-electron chi connectivity index (χ3n) is 7.60. The van der Waals surface area contributed by atoms with Gasteiger partial charge in [-0.3, -0.25) is 19.1 Å². The molecule has 1 aromatic carbocycles. The van der Waals surface area contributed by atoms with Gasteiger partial charge in [0.05, 0.1) is 19.1 Å². The summed E-state index contributed by atoms with van der Waals surface area (Å²) < 4.78 is 13.0. The largest absolute Gasteiger partial charge is 0.493 e. The molecule has 2 aliphatic rings. The second-order valence-corrected chi connectivity index (χ2v) is 11.9. The van der Waals surface area contributed by atoms with Gasteiger partial charge >= 0.3 is 0 Å². The van der Waals surface area contributed by atoms with Crippen LogP contribution in [-0.2, 0) is 17.8 Å². The maximum absolute atomic E-state index is 13.6. The number of rotatable bonds is 9. The molecule has 2 fully saturated rings. The first-order chi connectivity index (χ1) is 19.2. The summed E-state index contributed by atoms with van der Waals surface area (Å²) in [6, 6.07) is 7.82. The zero-order valence-corrected chi connectivity index (χ0v) is 25.4. The van der Waals surface area contributed by atoms with E-state index in [1.54, 1.807) is 30.6 Å². The summed E-state index contributed by atoms with van der Waals surface area (Å²) in [6.07, 6.45) is 5.23. The number of aromatic nitrogens is 1. The van der Waals surface area contributed by atoms with Crippen molar-refractivity contribution in [3.05, 3.63) is 55.7 Å². The Balaban J connectivity index is 1.69. The minimum atomic E-state index is -0.268. The van der Waals surface area contributed by atoms with Gasteiger partial charge in [0.2, 0.25) is 0 Å². The molecule has 2 saturated heterocycles. The van der Waals surface area contributed by atoms with Crippen LogP contribution in [0, 0.1) is 24.2 Å². The number of thiocarbonyl (C=S) groups is 1. The first kappa shape index (κ1) is 29.7. The number of pyridine rings is 1. The standard InChI is InChI=1S/C30H36N4O4S2/c1-6-12-33-27(32-13-9-19(2)10-14-32)22(20(3)23(18-31)28(33)35)17-26-29(36)34(30(39)40-26)15-11-21-7-8-24(37-4)25(16-21)38-5/h7-8,16-17,19H,6,9-15H2,1-5H3/b26-17-. The van der Waals surface area contributed by atoms with Crippen molar-refractivity contribution in [3.63, 3.8) is 0 Å². The lowest BCUT2D eigenvalue weighted by atomic mass is 9.97. The van der Waals surface area contributed by atoms with E-state index in [-0.39, 0.29) is 17.0 Å². The Morgan fingerprint density at radius 3 is 2.48 bits per heavy atom. The Bertz CT molecular complexity index is 1430. The van der Waals surface area contributed by atoms with E-state index in [9.17, 15) is 14.9 Å². The number of thioether (sulfide) groups is 1. The molecule has 0 atom stereocenters. The quantitative estimate of drug-likeness (QED) is 0.298. The Kier molecular flexibility index (Phi) is 9.59.